The standard InChI is InChI=1S/C21H18N2O5/c24-20(22-12-16-13-27-17-4-1-2-5-18(17)28-16)14-7-9-15(10-8-14)23-21(25)19-6-3-11-26-19/h1-11,16H,12-13H2,(H,22,24)(H,23,25)/t16-/m1/s1. The number of amides is 2. The van der Waals surface area contributed by atoms with Crippen LogP contribution in [0, 0.1) is 0 Å². The molecule has 1 aliphatic rings. The van der Waals surface area contributed by atoms with E-state index in [0.717, 1.165) is 0 Å². The quantitative estimate of drug-likeness (QED) is 0.712. The zero-order valence-corrected chi connectivity index (χ0v) is 14.9. The Morgan fingerprint density at radius 3 is 2.46 bits per heavy atom. The fourth-order valence-electron chi connectivity index (χ4n) is 2.78. The highest BCUT2D eigenvalue weighted by atomic mass is 16.6. The van der Waals surface area contributed by atoms with Crippen molar-refractivity contribution < 1.29 is 23.5 Å². The third-order valence-electron chi connectivity index (χ3n) is 4.21. The second kappa shape index (κ2) is 7.87. The summed E-state index contributed by atoms with van der Waals surface area (Å²) in [6.45, 7) is 0.694. The number of anilines is 1. The highest BCUT2D eigenvalue weighted by molar-refractivity contribution is 6.02. The second-order valence-corrected chi connectivity index (χ2v) is 6.22. The lowest BCUT2D eigenvalue weighted by atomic mass is 10.2. The third-order valence-corrected chi connectivity index (χ3v) is 4.21. The Morgan fingerprint density at radius 1 is 0.929 bits per heavy atom. The molecular weight excluding hydrogens is 360 g/mol. The molecule has 0 saturated heterocycles. The molecule has 0 fully saturated rings. The summed E-state index contributed by atoms with van der Waals surface area (Å²) in [7, 11) is 0. The fourth-order valence-corrected chi connectivity index (χ4v) is 2.78. The van der Waals surface area contributed by atoms with Gasteiger partial charge in [-0.15, -0.1) is 0 Å². The van der Waals surface area contributed by atoms with Crippen molar-refractivity contribution in [2.45, 2.75) is 6.10 Å². The molecule has 0 spiro atoms. The van der Waals surface area contributed by atoms with Gasteiger partial charge in [0.25, 0.3) is 11.8 Å². The number of carbonyl (C=O) groups is 2. The van der Waals surface area contributed by atoms with Gasteiger partial charge < -0.3 is 24.5 Å². The summed E-state index contributed by atoms with van der Waals surface area (Å²) in [5.74, 6) is 1.02. The molecule has 2 heterocycles. The van der Waals surface area contributed by atoms with E-state index in [1.165, 1.54) is 6.26 Å². The molecule has 7 heteroatoms. The van der Waals surface area contributed by atoms with Crippen LogP contribution in [0.25, 0.3) is 0 Å². The molecule has 3 aromatic rings. The SMILES string of the molecule is O=C(NC[C@@H]1COc2ccccc2O1)c1ccc(NC(=O)c2ccco2)cc1. The zero-order chi connectivity index (χ0) is 19.3. The van der Waals surface area contributed by atoms with E-state index in [-0.39, 0.29) is 23.7 Å². The molecule has 1 atom stereocenters. The number of hydrogen-bond acceptors (Lipinski definition) is 5. The van der Waals surface area contributed by atoms with Crippen molar-refractivity contribution in [3.63, 3.8) is 0 Å². The second-order valence-electron chi connectivity index (χ2n) is 6.22. The number of furan rings is 1. The smallest absolute Gasteiger partial charge is 0.291 e. The van der Waals surface area contributed by atoms with Crippen LogP contribution in [0.4, 0.5) is 5.69 Å². The van der Waals surface area contributed by atoms with Gasteiger partial charge in [0.1, 0.15) is 12.7 Å². The van der Waals surface area contributed by atoms with Crippen LogP contribution in [-0.2, 0) is 0 Å². The molecule has 4 rings (SSSR count). The Hall–Kier alpha value is -3.74. The molecule has 0 aliphatic carbocycles. The Bertz CT molecular complexity index is 967. The monoisotopic (exact) mass is 378 g/mol. The fraction of sp³-hybridized carbons (Fsp3) is 0.143. The van der Waals surface area contributed by atoms with E-state index in [1.54, 1.807) is 36.4 Å². The number of hydrogen-bond donors (Lipinski definition) is 2. The van der Waals surface area contributed by atoms with Gasteiger partial charge >= 0.3 is 0 Å². The van der Waals surface area contributed by atoms with E-state index in [1.807, 2.05) is 24.3 Å². The topological polar surface area (TPSA) is 89.8 Å². The average Bonchev–Trinajstić information content (AvgIpc) is 3.27. The zero-order valence-electron chi connectivity index (χ0n) is 14.9. The minimum absolute atomic E-state index is 0.220. The van der Waals surface area contributed by atoms with Crippen LogP contribution < -0.4 is 20.1 Å². The molecule has 1 aliphatic heterocycles. The number of para-hydroxylation sites is 2. The summed E-state index contributed by atoms with van der Waals surface area (Å²) in [6.07, 6.45) is 1.17. The number of rotatable bonds is 5. The van der Waals surface area contributed by atoms with Gasteiger partial charge in [0.15, 0.2) is 17.3 Å². The molecule has 2 N–H and O–H groups in total. The lowest BCUT2D eigenvalue weighted by Gasteiger charge is -2.26. The molecule has 142 valence electrons. The van der Waals surface area contributed by atoms with E-state index in [2.05, 4.69) is 10.6 Å². The van der Waals surface area contributed by atoms with Crippen molar-refractivity contribution in [3.8, 4) is 11.5 Å². The van der Waals surface area contributed by atoms with Gasteiger partial charge in [0.05, 0.1) is 12.8 Å². The number of carbonyl (C=O) groups excluding carboxylic acids is 2. The van der Waals surface area contributed by atoms with Crippen molar-refractivity contribution >= 4 is 17.5 Å². The van der Waals surface area contributed by atoms with Crippen LogP contribution in [0.15, 0.2) is 71.3 Å². The summed E-state index contributed by atoms with van der Waals surface area (Å²) >= 11 is 0. The van der Waals surface area contributed by atoms with E-state index in [9.17, 15) is 9.59 Å². The first kappa shape index (κ1) is 17.7. The maximum Gasteiger partial charge on any atom is 0.291 e. The number of ether oxygens (including phenoxy) is 2. The molecule has 28 heavy (non-hydrogen) atoms. The highest BCUT2D eigenvalue weighted by Gasteiger charge is 2.21. The van der Waals surface area contributed by atoms with Crippen LogP contribution >= 0.6 is 0 Å². The summed E-state index contributed by atoms with van der Waals surface area (Å²) < 4.78 is 16.5. The first-order chi connectivity index (χ1) is 13.7. The molecule has 0 radical (unpaired) electrons. The first-order valence-electron chi connectivity index (χ1n) is 8.80. The van der Waals surface area contributed by atoms with E-state index in [0.29, 0.717) is 35.9 Å². The molecule has 2 aromatic carbocycles. The van der Waals surface area contributed by atoms with Crippen molar-refractivity contribution in [1.82, 2.24) is 5.32 Å². The molecule has 1 aromatic heterocycles. The van der Waals surface area contributed by atoms with Gasteiger partial charge in [0.2, 0.25) is 0 Å². The molecule has 0 saturated carbocycles. The van der Waals surface area contributed by atoms with Gasteiger partial charge in [-0.3, -0.25) is 9.59 Å². The summed E-state index contributed by atoms with van der Waals surface area (Å²) in [4.78, 5) is 24.3. The summed E-state index contributed by atoms with van der Waals surface area (Å²) in [5.41, 5.74) is 1.05. The van der Waals surface area contributed by atoms with Crippen LogP contribution in [0.1, 0.15) is 20.9 Å². The average molecular weight is 378 g/mol. The van der Waals surface area contributed by atoms with Crippen LogP contribution in [-0.4, -0.2) is 31.1 Å². The largest absolute Gasteiger partial charge is 0.486 e. The first-order valence-corrected chi connectivity index (χ1v) is 8.80. The molecule has 7 nitrogen and oxygen atoms in total. The number of fused-ring (bicyclic) bond motifs is 1. The Balaban J connectivity index is 1.30. The minimum Gasteiger partial charge on any atom is -0.486 e. The van der Waals surface area contributed by atoms with Gasteiger partial charge in [-0.25, -0.2) is 0 Å². The Kier molecular flexibility index (Phi) is 4.97. The van der Waals surface area contributed by atoms with Gasteiger partial charge in [-0.05, 0) is 48.5 Å². The molecule has 2 amide bonds. The van der Waals surface area contributed by atoms with Gasteiger partial charge in [-0.1, -0.05) is 12.1 Å². The maximum absolute atomic E-state index is 12.3. The highest BCUT2D eigenvalue weighted by Crippen LogP contribution is 2.30. The number of nitrogens with one attached hydrogen (secondary N) is 2. The predicted molar refractivity (Wildman–Crippen MR) is 102 cm³/mol. The third kappa shape index (κ3) is 3.98. The van der Waals surface area contributed by atoms with Gasteiger partial charge in [-0.2, -0.15) is 0 Å². The van der Waals surface area contributed by atoms with Crippen LogP contribution in [0.3, 0.4) is 0 Å². The van der Waals surface area contributed by atoms with E-state index >= 15 is 0 Å². The van der Waals surface area contributed by atoms with Crippen molar-refractivity contribution in [3.05, 3.63) is 78.3 Å². The summed E-state index contributed by atoms with van der Waals surface area (Å²) in [6, 6.07) is 17.2. The molecule has 0 unspecified atom stereocenters. The van der Waals surface area contributed by atoms with Crippen molar-refractivity contribution in [2.24, 2.45) is 0 Å². The molecular formula is C21H18N2O5. The van der Waals surface area contributed by atoms with Crippen molar-refractivity contribution in [2.75, 3.05) is 18.5 Å². The maximum atomic E-state index is 12.3. The molecule has 0 bridgehead atoms. The van der Waals surface area contributed by atoms with Gasteiger partial charge in [0, 0.05) is 11.3 Å². The lowest BCUT2D eigenvalue weighted by Crippen LogP contribution is -2.40. The lowest BCUT2D eigenvalue weighted by molar-refractivity contribution is 0.0789. The van der Waals surface area contributed by atoms with Crippen molar-refractivity contribution in [1.29, 1.82) is 0 Å². The number of benzene rings is 2. The van der Waals surface area contributed by atoms with Crippen LogP contribution in [0.2, 0.25) is 0 Å². The van der Waals surface area contributed by atoms with Crippen LogP contribution in [0.5, 0.6) is 11.5 Å². The minimum atomic E-state index is -0.350. The normalized spacial score (nSPS) is 14.9. The Morgan fingerprint density at radius 2 is 1.71 bits per heavy atom. The predicted octanol–water partition coefficient (Wildman–Crippen LogP) is 3.10. The Labute approximate surface area is 161 Å². The van der Waals surface area contributed by atoms with E-state index in [4.69, 9.17) is 13.9 Å². The summed E-state index contributed by atoms with van der Waals surface area (Å²) in [5, 5.41) is 5.54. The van der Waals surface area contributed by atoms with E-state index < -0.39 is 0 Å².